The summed E-state index contributed by atoms with van der Waals surface area (Å²) in [6.45, 7) is 3.12. The lowest BCUT2D eigenvalue weighted by atomic mass is 10.0. The zero-order valence-electron chi connectivity index (χ0n) is 15.7. The van der Waals surface area contributed by atoms with E-state index in [1.54, 1.807) is 0 Å². The largest absolute Gasteiger partial charge is 0.390 e. The molecule has 0 bridgehead atoms. The Hall–Kier alpha value is -2.92. The Labute approximate surface area is 169 Å². The number of hydrogen-bond acceptors (Lipinski definition) is 4. The van der Waals surface area contributed by atoms with Crippen molar-refractivity contribution in [1.29, 1.82) is 0 Å². The molecule has 1 amide bonds. The van der Waals surface area contributed by atoms with E-state index in [0.717, 1.165) is 21.7 Å². The molecule has 28 heavy (non-hydrogen) atoms. The third kappa shape index (κ3) is 4.31. The fourth-order valence-corrected chi connectivity index (χ4v) is 3.96. The third-order valence-electron chi connectivity index (χ3n) is 4.78. The van der Waals surface area contributed by atoms with Crippen molar-refractivity contribution in [2.75, 3.05) is 6.54 Å². The Morgan fingerprint density at radius 3 is 2.61 bits per heavy atom. The van der Waals surface area contributed by atoms with Crippen molar-refractivity contribution in [3.63, 3.8) is 0 Å². The van der Waals surface area contributed by atoms with Crippen molar-refractivity contribution < 1.29 is 9.63 Å². The van der Waals surface area contributed by atoms with Crippen molar-refractivity contribution in [1.82, 2.24) is 4.90 Å². The Morgan fingerprint density at radius 2 is 1.89 bits per heavy atom. The molecule has 4 rings (SSSR count). The highest BCUT2D eigenvalue weighted by molar-refractivity contribution is 7.12. The van der Waals surface area contributed by atoms with Crippen molar-refractivity contribution in [2.45, 2.75) is 26.0 Å². The summed E-state index contributed by atoms with van der Waals surface area (Å²) in [5.41, 5.74) is 4.33. The molecular weight excluding hydrogens is 368 g/mol. The highest BCUT2D eigenvalue weighted by Gasteiger charge is 2.27. The predicted molar refractivity (Wildman–Crippen MR) is 113 cm³/mol. The topological polar surface area (TPSA) is 41.9 Å². The van der Waals surface area contributed by atoms with Crippen LogP contribution in [0.2, 0.25) is 0 Å². The van der Waals surface area contributed by atoms with E-state index < -0.39 is 0 Å². The highest BCUT2D eigenvalue weighted by Crippen LogP contribution is 2.21. The van der Waals surface area contributed by atoms with Gasteiger partial charge < -0.3 is 9.74 Å². The molecule has 0 radical (unpaired) electrons. The molecule has 0 aliphatic carbocycles. The number of rotatable bonds is 6. The Morgan fingerprint density at radius 1 is 1.11 bits per heavy atom. The number of aryl methyl sites for hydroxylation is 1. The molecule has 0 spiro atoms. The van der Waals surface area contributed by atoms with Crippen LogP contribution in [0.4, 0.5) is 0 Å². The Balaban J connectivity index is 1.47. The van der Waals surface area contributed by atoms with Crippen LogP contribution < -0.4 is 0 Å². The summed E-state index contributed by atoms with van der Waals surface area (Å²) in [4.78, 5) is 21.3. The lowest BCUT2D eigenvalue weighted by Crippen LogP contribution is -2.37. The summed E-state index contributed by atoms with van der Waals surface area (Å²) in [6, 6.07) is 22.1. The van der Waals surface area contributed by atoms with Crippen molar-refractivity contribution >= 4 is 23.0 Å². The number of carbonyl (C=O) groups excluding carboxylic acids is 1. The number of carbonyl (C=O) groups is 1. The average Bonchev–Trinajstić information content (AvgIpc) is 3.41. The number of nitrogens with zero attached hydrogens (tertiary/aromatic N) is 2. The van der Waals surface area contributed by atoms with Crippen LogP contribution in [0, 0.1) is 6.92 Å². The second-order valence-electron chi connectivity index (χ2n) is 6.98. The Bertz CT molecular complexity index is 950. The first-order valence-corrected chi connectivity index (χ1v) is 10.2. The summed E-state index contributed by atoms with van der Waals surface area (Å²) < 4.78 is 0. The molecule has 4 nitrogen and oxygen atoms in total. The second-order valence-corrected chi connectivity index (χ2v) is 7.93. The smallest absolute Gasteiger partial charge is 0.264 e. The summed E-state index contributed by atoms with van der Waals surface area (Å²) in [5.74, 6) is 0.0336. The van der Waals surface area contributed by atoms with Gasteiger partial charge in [0.1, 0.15) is 0 Å². The fraction of sp³-hybridized carbons (Fsp3) is 0.217. The van der Waals surface area contributed by atoms with Gasteiger partial charge in [0, 0.05) is 13.0 Å². The van der Waals surface area contributed by atoms with Gasteiger partial charge in [-0.05, 0) is 29.5 Å². The van der Waals surface area contributed by atoms with Crippen molar-refractivity contribution in [3.05, 3.63) is 93.7 Å². The molecule has 1 aliphatic rings. The minimum absolute atomic E-state index is 0.0336. The molecule has 1 atom stereocenters. The van der Waals surface area contributed by atoms with Crippen LogP contribution in [0.15, 0.2) is 77.3 Å². The van der Waals surface area contributed by atoms with Crippen LogP contribution >= 0.6 is 11.3 Å². The maximum Gasteiger partial charge on any atom is 0.264 e. The van der Waals surface area contributed by atoms with E-state index in [0.29, 0.717) is 19.5 Å². The molecule has 0 fully saturated rings. The molecule has 1 aliphatic heterocycles. The van der Waals surface area contributed by atoms with Gasteiger partial charge in [0.15, 0.2) is 6.10 Å². The molecule has 1 unspecified atom stereocenters. The normalized spacial score (nSPS) is 15.8. The first-order chi connectivity index (χ1) is 13.7. The summed E-state index contributed by atoms with van der Waals surface area (Å²) in [5, 5.41) is 6.21. The predicted octanol–water partition coefficient (Wildman–Crippen LogP) is 4.89. The van der Waals surface area contributed by atoms with Gasteiger partial charge in [-0.25, -0.2) is 0 Å². The molecule has 3 aromatic rings. The van der Waals surface area contributed by atoms with Crippen LogP contribution in [0.3, 0.4) is 0 Å². The minimum Gasteiger partial charge on any atom is -0.390 e. The summed E-state index contributed by atoms with van der Waals surface area (Å²) in [7, 11) is 0. The van der Waals surface area contributed by atoms with Crippen molar-refractivity contribution in [2.24, 2.45) is 5.16 Å². The first kappa shape index (κ1) is 18.4. The van der Waals surface area contributed by atoms with E-state index in [1.807, 2.05) is 52.7 Å². The van der Waals surface area contributed by atoms with Gasteiger partial charge in [-0.3, -0.25) is 4.79 Å². The number of hydrogen-bond donors (Lipinski definition) is 0. The van der Waals surface area contributed by atoms with Crippen LogP contribution in [-0.4, -0.2) is 29.2 Å². The van der Waals surface area contributed by atoms with E-state index in [4.69, 9.17) is 4.84 Å². The van der Waals surface area contributed by atoms with Gasteiger partial charge >= 0.3 is 0 Å². The maximum atomic E-state index is 13.0. The fourth-order valence-electron chi connectivity index (χ4n) is 3.27. The van der Waals surface area contributed by atoms with Crippen LogP contribution in [0.5, 0.6) is 0 Å². The minimum atomic E-state index is -0.135. The van der Waals surface area contributed by atoms with Gasteiger partial charge in [-0.15, -0.1) is 11.3 Å². The van der Waals surface area contributed by atoms with Gasteiger partial charge in [0.05, 0.1) is 17.1 Å². The standard InChI is InChI=1S/C23H22N2O2S/c1-17-9-11-19(12-10-17)21-14-20(27-24-21)16-25(15-18-6-3-2-4-7-18)23(26)22-8-5-13-28-22/h2-13,20H,14-16H2,1H3. The van der Waals surface area contributed by atoms with Gasteiger partial charge in [-0.1, -0.05) is 71.4 Å². The average molecular weight is 391 g/mol. The SMILES string of the molecule is Cc1ccc(C2=NOC(CN(Cc3ccccc3)C(=O)c3cccs3)C2)cc1. The van der Waals surface area contributed by atoms with Crippen LogP contribution in [0.25, 0.3) is 0 Å². The lowest BCUT2D eigenvalue weighted by Gasteiger charge is -2.24. The molecular formula is C23H22N2O2S. The Kier molecular flexibility index (Phi) is 5.53. The zero-order chi connectivity index (χ0) is 19.3. The summed E-state index contributed by atoms with van der Waals surface area (Å²) in [6.07, 6.45) is 0.565. The zero-order valence-corrected chi connectivity index (χ0v) is 16.6. The van der Waals surface area contributed by atoms with Crippen LogP contribution in [-0.2, 0) is 11.4 Å². The lowest BCUT2D eigenvalue weighted by molar-refractivity contribution is 0.0408. The van der Waals surface area contributed by atoms with Gasteiger partial charge in [-0.2, -0.15) is 0 Å². The van der Waals surface area contributed by atoms with E-state index >= 15 is 0 Å². The van der Waals surface area contributed by atoms with Gasteiger partial charge in [0.25, 0.3) is 5.91 Å². The van der Waals surface area contributed by atoms with Gasteiger partial charge in [0.2, 0.25) is 0 Å². The molecule has 0 saturated carbocycles. The molecule has 0 saturated heterocycles. The first-order valence-electron chi connectivity index (χ1n) is 9.35. The third-order valence-corrected chi connectivity index (χ3v) is 5.64. The van der Waals surface area contributed by atoms with E-state index in [2.05, 4.69) is 36.3 Å². The maximum absolute atomic E-state index is 13.0. The molecule has 2 heterocycles. The van der Waals surface area contributed by atoms with E-state index in [-0.39, 0.29) is 12.0 Å². The van der Waals surface area contributed by atoms with E-state index in [9.17, 15) is 4.79 Å². The highest BCUT2D eigenvalue weighted by atomic mass is 32.1. The number of thiophene rings is 1. The van der Waals surface area contributed by atoms with Crippen molar-refractivity contribution in [3.8, 4) is 0 Å². The molecule has 2 aromatic carbocycles. The second kappa shape index (κ2) is 8.40. The molecule has 5 heteroatoms. The van der Waals surface area contributed by atoms with Crippen LogP contribution in [0.1, 0.15) is 32.8 Å². The number of benzene rings is 2. The number of oxime groups is 1. The molecule has 142 valence electrons. The number of amides is 1. The molecule has 0 N–H and O–H groups in total. The molecule has 1 aromatic heterocycles. The quantitative estimate of drug-likeness (QED) is 0.601. The summed E-state index contributed by atoms with van der Waals surface area (Å²) >= 11 is 1.47. The van der Waals surface area contributed by atoms with E-state index in [1.165, 1.54) is 16.9 Å². The monoisotopic (exact) mass is 390 g/mol.